The Morgan fingerprint density at radius 3 is 2.32 bits per heavy atom. The van der Waals surface area contributed by atoms with E-state index in [1.165, 1.54) is 19.3 Å². The lowest BCUT2D eigenvalue weighted by Gasteiger charge is -2.34. The number of carboxylic acids is 1. The highest BCUT2D eigenvalue weighted by atomic mass is 16.4. The van der Waals surface area contributed by atoms with Crippen molar-refractivity contribution in [3.05, 3.63) is 77.9 Å². The first kappa shape index (κ1) is 26.2. The molecule has 37 heavy (non-hydrogen) atoms. The zero-order valence-electron chi connectivity index (χ0n) is 21.2. The van der Waals surface area contributed by atoms with E-state index in [1.54, 1.807) is 12.1 Å². The first-order chi connectivity index (χ1) is 17.9. The number of hydrogen-bond donors (Lipinski definition) is 4. The Hall–Kier alpha value is -3.87. The molecule has 0 heterocycles. The molecule has 1 fully saturated rings. The lowest BCUT2D eigenvalue weighted by Crippen LogP contribution is -2.38. The summed E-state index contributed by atoms with van der Waals surface area (Å²) in [5, 5.41) is 19.8. The smallest absolute Gasteiger partial charge is 0.319 e. The molecule has 0 aromatic heterocycles. The molecule has 1 aliphatic carbocycles. The summed E-state index contributed by atoms with van der Waals surface area (Å²) in [6.45, 7) is 2.28. The molecule has 3 aromatic rings. The number of nitrogens with one attached hydrogen (secondary N) is 3. The molecule has 2 atom stereocenters. The van der Waals surface area contributed by atoms with E-state index in [2.05, 4.69) is 22.9 Å². The van der Waals surface area contributed by atoms with Crippen LogP contribution in [0.3, 0.4) is 0 Å². The number of urea groups is 1. The zero-order valence-corrected chi connectivity index (χ0v) is 21.2. The standard InChI is InChI=1S/C30H35N3O4/c1-20(21-7-3-2-4-8-21)28(23-11-13-24(14-12-23)29(36)31-18-17-27(34)35)33-30(37)32-26-16-15-22-9-5-6-10-25(22)19-26/h5-6,9-16,19-21,28H,2-4,7-8,17-18H2,1H3,(H,31,36)(H,34,35)(H2,32,33,37)/t20-,28?/m1/s1. The van der Waals surface area contributed by atoms with Crippen LogP contribution in [0.25, 0.3) is 10.8 Å². The predicted octanol–water partition coefficient (Wildman–Crippen LogP) is 6.12. The summed E-state index contributed by atoms with van der Waals surface area (Å²) in [5.41, 5.74) is 2.13. The number of carboxylic acid groups (broad SMARTS) is 1. The third kappa shape index (κ3) is 7.09. The van der Waals surface area contributed by atoms with Gasteiger partial charge >= 0.3 is 12.0 Å². The average molecular weight is 502 g/mol. The van der Waals surface area contributed by atoms with Gasteiger partial charge in [-0.1, -0.05) is 81.5 Å². The quantitative estimate of drug-likeness (QED) is 0.283. The van der Waals surface area contributed by atoms with Crippen molar-refractivity contribution in [2.45, 2.75) is 51.5 Å². The Kier molecular flexibility index (Phi) is 8.77. The van der Waals surface area contributed by atoms with Crippen molar-refractivity contribution in [1.82, 2.24) is 10.6 Å². The van der Waals surface area contributed by atoms with Crippen molar-refractivity contribution in [2.24, 2.45) is 11.8 Å². The molecule has 7 nitrogen and oxygen atoms in total. The molecular formula is C30H35N3O4. The summed E-state index contributed by atoms with van der Waals surface area (Å²) in [6.07, 6.45) is 5.85. The summed E-state index contributed by atoms with van der Waals surface area (Å²) in [7, 11) is 0. The fourth-order valence-corrected chi connectivity index (χ4v) is 5.25. The molecule has 3 aromatic carbocycles. The molecule has 194 valence electrons. The third-order valence-corrected chi connectivity index (χ3v) is 7.37. The van der Waals surface area contributed by atoms with Crippen molar-refractivity contribution in [1.29, 1.82) is 0 Å². The molecule has 0 spiro atoms. The highest BCUT2D eigenvalue weighted by Gasteiger charge is 2.29. The first-order valence-corrected chi connectivity index (χ1v) is 13.1. The van der Waals surface area contributed by atoms with E-state index >= 15 is 0 Å². The van der Waals surface area contributed by atoms with E-state index in [0.717, 1.165) is 34.9 Å². The monoisotopic (exact) mass is 501 g/mol. The van der Waals surface area contributed by atoms with Crippen LogP contribution < -0.4 is 16.0 Å². The van der Waals surface area contributed by atoms with Gasteiger partial charge in [0.2, 0.25) is 0 Å². The second kappa shape index (κ2) is 12.4. The number of hydrogen-bond acceptors (Lipinski definition) is 3. The topological polar surface area (TPSA) is 108 Å². The van der Waals surface area contributed by atoms with Gasteiger partial charge in [0.05, 0.1) is 12.5 Å². The van der Waals surface area contributed by atoms with Crippen LogP contribution in [-0.4, -0.2) is 29.6 Å². The van der Waals surface area contributed by atoms with Crippen LogP contribution in [0.5, 0.6) is 0 Å². The molecule has 7 heteroatoms. The van der Waals surface area contributed by atoms with Gasteiger partial charge in [0.25, 0.3) is 5.91 Å². The number of fused-ring (bicyclic) bond motifs is 1. The van der Waals surface area contributed by atoms with Crippen LogP contribution >= 0.6 is 0 Å². The van der Waals surface area contributed by atoms with Crippen molar-refractivity contribution in [2.75, 3.05) is 11.9 Å². The van der Waals surface area contributed by atoms with Gasteiger partial charge < -0.3 is 21.1 Å². The summed E-state index contributed by atoms with van der Waals surface area (Å²) in [6, 6.07) is 20.6. The molecule has 1 unspecified atom stereocenters. The Morgan fingerprint density at radius 2 is 1.62 bits per heavy atom. The lowest BCUT2D eigenvalue weighted by molar-refractivity contribution is -0.136. The molecule has 0 saturated heterocycles. The van der Waals surface area contributed by atoms with Crippen LogP contribution in [-0.2, 0) is 4.79 Å². The molecule has 4 rings (SSSR count). The maximum absolute atomic E-state index is 13.1. The number of benzene rings is 3. The van der Waals surface area contributed by atoms with Crippen molar-refractivity contribution < 1.29 is 19.5 Å². The molecule has 1 saturated carbocycles. The first-order valence-electron chi connectivity index (χ1n) is 13.1. The van der Waals surface area contributed by atoms with Gasteiger partial charge in [0.1, 0.15) is 0 Å². The fourth-order valence-electron chi connectivity index (χ4n) is 5.25. The molecule has 3 amide bonds. The van der Waals surface area contributed by atoms with Gasteiger partial charge in [-0.15, -0.1) is 0 Å². The van der Waals surface area contributed by atoms with E-state index in [0.29, 0.717) is 11.5 Å². The maximum atomic E-state index is 13.1. The van der Waals surface area contributed by atoms with Crippen molar-refractivity contribution in [3.63, 3.8) is 0 Å². The Labute approximate surface area is 217 Å². The van der Waals surface area contributed by atoms with Gasteiger partial charge in [-0.25, -0.2) is 4.79 Å². The zero-order chi connectivity index (χ0) is 26.2. The maximum Gasteiger partial charge on any atom is 0.319 e. The molecule has 0 bridgehead atoms. The second-order valence-corrected chi connectivity index (χ2v) is 9.92. The SMILES string of the molecule is C[C@H](C1CCCCC1)C(NC(=O)Nc1ccc2ccccc2c1)c1ccc(C(=O)NCCC(=O)O)cc1. The Balaban J connectivity index is 1.49. The van der Waals surface area contributed by atoms with E-state index in [1.807, 2.05) is 54.6 Å². The third-order valence-electron chi connectivity index (χ3n) is 7.37. The number of carbonyl (C=O) groups is 3. The molecular weight excluding hydrogens is 466 g/mol. The van der Waals surface area contributed by atoms with Crippen LogP contribution in [0, 0.1) is 11.8 Å². The predicted molar refractivity (Wildman–Crippen MR) is 146 cm³/mol. The summed E-state index contributed by atoms with van der Waals surface area (Å²) >= 11 is 0. The van der Waals surface area contributed by atoms with Crippen molar-refractivity contribution in [3.8, 4) is 0 Å². The molecule has 1 aliphatic rings. The van der Waals surface area contributed by atoms with Crippen LogP contribution in [0.1, 0.15) is 67.4 Å². The van der Waals surface area contributed by atoms with Gasteiger partial charge in [0.15, 0.2) is 0 Å². The summed E-state index contributed by atoms with van der Waals surface area (Å²) in [4.78, 5) is 36.2. The normalized spacial score (nSPS) is 15.5. The van der Waals surface area contributed by atoms with Gasteiger partial charge in [-0.3, -0.25) is 9.59 Å². The number of anilines is 1. The average Bonchev–Trinajstić information content (AvgIpc) is 2.91. The second-order valence-electron chi connectivity index (χ2n) is 9.92. The highest BCUT2D eigenvalue weighted by Crippen LogP contribution is 2.37. The minimum absolute atomic E-state index is 0.0771. The minimum atomic E-state index is -0.955. The van der Waals surface area contributed by atoms with Crippen LogP contribution in [0.2, 0.25) is 0 Å². The molecule has 4 N–H and O–H groups in total. The molecule has 0 aliphatic heterocycles. The minimum Gasteiger partial charge on any atom is -0.481 e. The Bertz CT molecular complexity index is 1240. The molecule has 0 radical (unpaired) electrons. The van der Waals surface area contributed by atoms with Gasteiger partial charge in [-0.05, 0) is 52.4 Å². The highest BCUT2D eigenvalue weighted by molar-refractivity contribution is 5.95. The van der Waals surface area contributed by atoms with Gasteiger partial charge in [-0.2, -0.15) is 0 Å². The number of aliphatic carboxylic acids is 1. The van der Waals surface area contributed by atoms with E-state index in [4.69, 9.17) is 5.11 Å². The van der Waals surface area contributed by atoms with Crippen molar-refractivity contribution >= 4 is 34.4 Å². The van der Waals surface area contributed by atoms with E-state index < -0.39 is 5.97 Å². The number of rotatable bonds is 9. The largest absolute Gasteiger partial charge is 0.481 e. The summed E-state index contributed by atoms with van der Waals surface area (Å²) in [5.74, 6) is -0.536. The van der Waals surface area contributed by atoms with Crippen LogP contribution in [0.15, 0.2) is 66.7 Å². The van der Waals surface area contributed by atoms with Crippen LogP contribution in [0.4, 0.5) is 10.5 Å². The Morgan fingerprint density at radius 1 is 0.919 bits per heavy atom. The number of amides is 3. The number of carbonyl (C=O) groups excluding carboxylic acids is 2. The van der Waals surface area contributed by atoms with Gasteiger partial charge in [0, 0.05) is 17.8 Å². The summed E-state index contributed by atoms with van der Waals surface area (Å²) < 4.78 is 0. The van der Waals surface area contributed by atoms with E-state index in [-0.39, 0.29) is 36.9 Å². The van der Waals surface area contributed by atoms with E-state index in [9.17, 15) is 14.4 Å². The fraction of sp³-hybridized carbons (Fsp3) is 0.367. The lowest BCUT2D eigenvalue weighted by atomic mass is 9.76.